The van der Waals surface area contributed by atoms with E-state index in [1.165, 1.54) is 19.1 Å². The van der Waals surface area contributed by atoms with Gasteiger partial charge in [-0.05, 0) is 17.7 Å². The highest BCUT2D eigenvalue weighted by molar-refractivity contribution is 5.82. The lowest BCUT2D eigenvalue weighted by atomic mass is 10.1. The number of carbonyl (C=O) groups is 1. The molecule has 0 heterocycles. The van der Waals surface area contributed by atoms with Crippen LogP contribution < -0.4 is 4.74 Å². The molecular weight excluding hydrogens is 220 g/mol. The zero-order chi connectivity index (χ0) is 12.8. The van der Waals surface area contributed by atoms with Gasteiger partial charge in [0.15, 0.2) is 6.10 Å². The maximum absolute atomic E-state index is 11.7. The van der Waals surface area contributed by atoms with Gasteiger partial charge in [-0.3, -0.25) is 4.79 Å². The zero-order valence-corrected chi connectivity index (χ0v) is 9.75. The molecule has 0 fully saturated rings. The summed E-state index contributed by atoms with van der Waals surface area (Å²) in [5.41, 5.74) is 0.444. The molecule has 17 heavy (non-hydrogen) atoms. The number of carbonyl (C=O) groups excluding carboxylic acids is 1. The Bertz CT molecular complexity index is 440. The van der Waals surface area contributed by atoms with E-state index >= 15 is 0 Å². The normalized spacial score (nSPS) is 11.4. The van der Waals surface area contributed by atoms with E-state index < -0.39 is 12.0 Å². The molecule has 1 rings (SSSR count). The van der Waals surface area contributed by atoms with Gasteiger partial charge in [-0.2, -0.15) is 5.26 Å². The minimum atomic E-state index is -1.27. The molecule has 0 saturated heterocycles. The standard InChI is InChI=1S/C12H14N2O3/c1-14(7-6-13)12(16)11(15)9-4-3-5-10(8-9)17-2/h3-5,8,11,15H,7H2,1-2H3. The fraction of sp³-hybridized carbons (Fsp3) is 0.333. The molecule has 0 bridgehead atoms. The molecule has 1 atom stereocenters. The maximum Gasteiger partial charge on any atom is 0.256 e. The molecule has 1 N–H and O–H groups in total. The van der Waals surface area contributed by atoms with E-state index in [2.05, 4.69) is 0 Å². The molecule has 5 heteroatoms. The Balaban J connectivity index is 2.85. The van der Waals surface area contributed by atoms with Crippen molar-refractivity contribution in [3.63, 3.8) is 0 Å². The summed E-state index contributed by atoms with van der Waals surface area (Å²) < 4.78 is 5.00. The van der Waals surface area contributed by atoms with E-state index in [-0.39, 0.29) is 6.54 Å². The Hall–Kier alpha value is -2.06. The number of benzene rings is 1. The molecule has 0 radical (unpaired) electrons. The van der Waals surface area contributed by atoms with Gasteiger partial charge in [-0.15, -0.1) is 0 Å². The number of methoxy groups -OCH3 is 1. The average molecular weight is 234 g/mol. The van der Waals surface area contributed by atoms with Crippen LogP contribution in [0.3, 0.4) is 0 Å². The summed E-state index contributed by atoms with van der Waals surface area (Å²) >= 11 is 0. The third-order valence-corrected chi connectivity index (χ3v) is 2.33. The summed E-state index contributed by atoms with van der Waals surface area (Å²) in [6.07, 6.45) is -1.27. The van der Waals surface area contributed by atoms with Gasteiger partial charge in [0.25, 0.3) is 5.91 Å². The van der Waals surface area contributed by atoms with Crippen LogP contribution in [-0.2, 0) is 4.79 Å². The molecule has 1 aromatic rings. The average Bonchev–Trinajstić information content (AvgIpc) is 2.37. The van der Waals surface area contributed by atoms with E-state index in [1.54, 1.807) is 24.3 Å². The second-order valence-electron chi connectivity index (χ2n) is 3.53. The minimum absolute atomic E-state index is 0.0557. The van der Waals surface area contributed by atoms with Crippen LogP contribution in [0.2, 0.25) is 0 Å². The monoisotopic (exact) mass is 234 g/mol. The molecule has 0 saturated carbocycles. The summed E-state index contributed by atoms with van der Waals surface area (Å²) in [5, 5.41) is 18.3. The SMILES string of the molecule is COc1cccc(C(O)C(=O)N(C)CC#N)c1. The number of nitriles is 1. The fourth-order valence-corrected chi connectivity index (χ4v) is 1.35. The Morgan fingerprint density at radius 2 is 2.35 bits per heavy atom. The fourth-order valence-electron chi connectivity index (χ4n) is 1.35. The first-order chi connectivity index (χ1) is 8.10. The van der Waals surface area contributed by atoms with Crippen molar-refractivity contribution in [1.82, 2.24) is 4.90 Å². The molecule has 1 amide bonds. The molecule has 90 valence electrons. The van der Waals surface area contributed by atoms with Crippen molar-refractivity contribution in [2.75, 3.05) is 20.7 Å². The van der Waals surface area contributed by atoms with Crippen molar-refractivity contribution in [2.45, 2.75) is 6.10 Å². The number of likely N-dealkylation sites (N-methyl/N-ethyl adjacent to an activating group) is 1. The van der Waals surface area contributed by atoms with E-state index in [4.69, 9.17) is 10.00 Å². The van der Waals surface area contributed by atoms with Crippen LogP contribution in [-0.4, -0.2) is 36.6 Å². The number of hydrogen-bond donors (Lipinski definition) is 1. The number of rotatable bonds is 4. The Labute approximate surface area is 99.8 Å². The predicted molar refractivity (Wildman–Crippen MR) is 61.2 cm³/mol. The molecule has 0 spiro atoms. The van der Waals surface area contributed by atoms with Crippen molar-refractivity contribution >= 4 is 5.91 Å². The first kappa shape index (κ1) is 13.0. The quantitative estimate of drug-likeness (QED) is 0.779. The lowest BCUT2D eigenvalue weighted by Crippen LogP contribution is -2.31. The van der Waals surface area contributed by atoms with Crippen LogP contribution in [0.5, 0.6) is 5.75 Å². The summed E-state index contributed by atoms with van der Waals surface area (Å²) in [4.78, 5) is 12.9. The molecule has 0 aliphatic heterocycles. The highest BCUT2D eigenvalue weighted by atomic mass is 16.5. The van der Waals surface area contributed by atoms with Crippen LogP contribution in [0.25, 0.3) is 0 Å². The first-order valence-corrected chi connectivity index (χ1v) is 5.04. The van der Waals surface area contributed by atoms with E-state index in [1.807, 2.05) is 6.07 Å². The number of aliphatic hydroxyl groups excluding tert-OH is 1. The van der Waals surface area contributed by atoms with Crippen LogP contribution in [0.15, 0.2) is 24.3 Å². The Morgan fingerprint density at radius 1 is 1.65 bits per heavy atom. The number of ether oxygens (including phenoxy) is 1. The van der Waals surface area contributed by atoms with Crippen LogP contribution in [0.1, 0.15) is 11.7 Å². The Kier molecular flexibility index (Phi) is 4.49. The molecule has 1 unspecified atom stereocenters. The second kappa shape index (κ2) is 5.87. The third kappa shape index (κ3) is 3.20. The lowest BCUT2D eigenvalue weighted by Gasteiger charge is -2.18. The topological polar surface area (TPSA) is 73.6 Å². The van der Waals surface area contributed by atoms with Gasteiger partial charge in [-0.25, -0.2) is 0 Å². The lowest BCUT2D eigenvalue weighted by molar-refractivity contribution is -0.138. The van der Waals surface area contributed by atoms with Gasteiger partial charge in [0.05, 0.1) is 13.2 Å². The van der Waals surface area contributed by atoms with Gasteiger partial charge >= 0.3 is 0 Å². The largest absolute Gasteiger partial charge is 0.497 e. The van der Waals surface area contributed by atoms with E-state index in [9.17, 15) is 9.90 Å². The van der Waals surface area contributed by atoms with Crippen LogP contribution >= 0.6 is 0 Å². The highest BCUT2D eigenvalue weighted by Crippen LogP contribution is 2.20. The van der Waals surface area contributed by atoms with Gasteiger partial charge < -0.3 is 14.7 Å². The van der Waals surface area contributed by atoms with Crippen molar-refractivity contribution in [3.8, 4) is 11.8 Å². The van der Waals surface area contributed by atoms with Gasteiger partial charge in [0, 0.05) is 7.05 Å². The van der Waals surface area contributed by atoms with E-state index in [0.29, 0.717) is 11.3 Å². The maximum atomic E-state index is 11.7. The smallest absolute Gasteiger partial charge is 0.256 e. The molecular formula is C12H14N2O3. The molecule has 0 aliphatic rings. The predicted octanol–water partition coefficient (Wildman–Crippen LogP) is 0.711. The van der Waals surface area contributed by atoms with E-state index in [0.717, 1.165) is 0 Å². The minimum Gasteiger partial charge on any atom is -0.497 e. The van der Waals surface area contributed by atoms with Crippen LogP contribution in [0.4, 0.5) is 0 Å². The number of amides is 1. The number of aliphatic hydroxyl groups is 1. The molecule has 0 aliphatic carbocycles. The second-order valence-corrected chi connectivity index (χ2v) is 3.53. The van der Waals surface area contributed by atoms with Crippen molar-refractivity contribution in [1.29, 1.82) is 5.26 Å². The van der Waals surface area contributed by atoms with Gasteiger partial charge in [0.1, 0.15) is 12.3 Å². The zero-order valence-electron chi connectivity index (χ0n) is 9.75. The summed E-state index contributed by atoms with van der Waals surface area (Å²) in [7, 11) is 2.98. The first-order valence-electron chi connectivity index (χ1n) is 5.04. The van der Waals surface area contributed by atoms with Gasteiger partial charge in [-0.1, -0.05) is 12.1 Å². The molecule has 1 aromatic carbocycles. The van der Waals surface area contributed by atoms with Crippen molar-refractivity contribution in [3.05, 3.63) is 29.8 Å². The molecule has 5 nitrogen and oxygen atoms in total. The summed E-state index contributed by atoms with van der Waals surface area (Å²) in [6.45, 7) is -0.0557. The summed E-state index contributed by atoms with van der Waals surface area (Å²) in [5.74, 6) is 0.0529. The number of nitrogens with zero attached hydrogens (tertiary/aromatic N) is 2. The van der Waals surface area contributed by atoms with Crippen LogP contribution in [0, 0.1) is 11.3 Å². The highest BCUT2D eigenvalue weighted by Gasteiger charge is 2.21. The van der Waals surface area contributed by atoms with Crippen molar-refractivity contribution in [2.24, 2.45) is 0 Å². The Morgan fingerprint density at radius 3 is 2.94 bits per heavy atom. The third-order valence-electron chi connectivity index (χ3n) is 2.33. The number of hydrogen-bond acceptors (Lipinski definition) is 4. The summed E-state index contributed by atoms with van der Waals surface area (Å²) in [6, 6.07) is 8.47. The van der Waals surface area contributed by atoms with Gasteiger partial charge in [0.2, 0.25) is 0 Å². The molecule has 0 aromatic heterocycles. The van der Waals surface area contributed by atoms with Crippen molar-refractivity contribution < 1.29 is 14.6 Å².